The van der Waals surface area contributed by atoms with E-state index in [9.17, 15) is 8.42 Å². The van der Waals surface area contributed by atoms with Gasteiger partial charge < -0.3 is 5.32 Å². The normalized spacial score (nSPS) is 18.0. The highest BCUT2D eigenvalue weighted by Gasteiger charge is 2.28. The lowest BCUT2D eigenvalue weighted by atomic mass is 9.81. The van der Waals surface area contributed by atoms with E-state index >= 15 is 0 Å². The first-order valence-electron chi connectivity index (χ1n) is 6.79. The van der Waals surface area contributed by atoms with Crippen LogP contribution in [0.25, 0.3) is 0 Å². The minimum atomic E-state index is -3.42. The van der Waals surface area contributed by atoms with Crippen LogP contribution in [0, 0.1) is 5.92 Å². The summed E-state index contributed by atoms with van der Waals surface area (Å²) in [6.45, 7) is 2.51. The van der Waals surface area contributed by atoms with Crippen molar-refractivity contribution in [3.05, 3.63) is 29.8 Å². The van der Waals surface area contributed by atoms with Crippen LogP contribution in [0.15, 0.2) is 29.2 Å². The van der Waals surface area contributed by atoms with Crippen LogP contribution < -0.4 is 10.0 Å². The summed E-state index contributed by atoms with van der Waals surface area (Å²) in [6.07, 6.45) is 3.47. The molecule has 19 heavy (non-hydrogen) atoms. The highest BCUT2D eigenvalue weighted by Crippen LogP contribution is 2.30. The molecule has 1 aliphatic carbocycles. The van der Waals surface area contributed by atoms with Crippen LogP contribution in [-0.2, 0) is 16.6 Å². The predicted molar refractivity (Wildman–Crippen MR) is 76.3 cm³/mol. The van der Waals surface area contributed by atoms with Crippen LogP contribution in [0.5, 0.6) is 0 Å². The second-order valence-corrected chi connectivity index (χ2v) is 6.92. The van der Waals surface area contributed by atoms with Gasteiger partial charge >= 0.3 is 0 Å². The number of nitrogens with one attached hydrogen (secondary N) is 2. The van der Waals surface area contributed by atoms with Crippen molar-refractivity contribution in [1.82, 2.24) is 10.0 Å². The zero-order valence-corrected chi connectivity index (χ0v) is 12.3. The second-order valence-electron chi connectivity index (χ2n) is 5.24. The fourth-order valence-corrected chi connectivity index (χ4v) is 4.00. The fourth-order valence-electron chi connectivity index (χ4n) is 2.45. The van der Waals surface area contributed by atoms with Gasteiger partial charge in [-0.3, -0.25) is 0 Å². The molecule has 0 amide bonds. The molecule has 106 valence electrons. The van der Waals surface area contributed by atoms with Gasteiger partial charge in [0.05, 0.1) is 4.90 Å². The van der Waals surface area contributed by atoms with Crippen molar-refractivity contribution in [2.24, 2.45) is 5.92 Å². The van der Waals surface area contributed by atoms with Crippen LogP contribution in [0.4, 0.5) is 0 Å². The summed E-state index contributed by atoms with van der Waals surface area (Å²) in [5.74, 6) is 0.492. The van der Waals surface area contributed by atoms with Crippen molar-refractivity contribution < 1.29 is 8.42 Å². The third-order valence-electron chi connectivity index (χ3n) is 3.83. The van der Waals surface area contributed by atoms with E-state index in [1.807, 2.05) is 26.1 Å². The lowest BCUT2D eigenvalue weighted by Gasteiger charge is -2.31. The van der Waals surface area contributed by atoms with Crippen molar-refractivity contribution in [2.45, 2.75) is 43.7 Å². The standard InChI is InChI=1S/C14H22N2O2S/c1-11(12-7-5-8-12)16-19(17,18)14-9-4-3-6-13(14)10-15-2/h3-4,6,9,11-12,15-16H,5,7-8,10H2,1-2H3. The Morgan fingerprint density at radius 2 is 2.00 bits per heavy atom. The molecule has 2 rings (SSSR count). The maximum absolute atomic E-state index is 12.4. The Morgan fingerprint density at radius 1 is 1.32 bits per heavy atom. The van der Waals surface area contributed by atoms with Gasteiger partial charge in [-0.25, -0.2) is 13.1 Å². The van der Waals surface area contributed by atoms with Crippen molar-refractivity contribution in [1.29, 1.82) is 0 Å². The Bertz CT molecular complexity index is 524. The summed E-state index contributed by atoms with van der Waals surface area (Å²) < 4.78 is 27.7. The van der Waals surface area contributed by atoms with E-state index in [1.54, 1.807) is 12.1 Å². The second kappa shape index (κ2) is 6.03. The average Bonchev–Trinajstić information content (AvgIpc) is 2.26. The summed E-state index contributed by atoms with van der Waals surface area (Å²) in [7, 11) is -1.61. The Balaban J connectivity index is 2.18. The average molecular weight is 282 g/mol. The van der Waals surface area contributed by atoms with Crippen LogP contribution in [0.3, 0.4) is 0 Å². The van der Waals surface area contributed by atoms with E-state index in [-0.39, 0.29) is 6.04 Å². The maximum Gasteiger partial charge on any atom is 0.241 e. The molecule has 0 bridgehead atoms. The summed E-state index contributed by atoms with van der Waals surface area (Å²) in [4.78, 5) is 0.385. The topological polar surface area (TPSA) is 58.2 Å². The first-order chi connectivity index (χ1) is 9.04. The number of hydrogen-bond acceptors (Lipinski definition) is 3. The number of rotatable bonds is 6. The number of hydrogen-bond donors (Lipinski definition) is 2. The summed E-state index contributed by atoms with van der Waals surface area (Å²) >= 11 is 0. The SMILES string of the molecule is CNCc1ccccc1S(=O)(=O)NC(C)C1CCC1. The van der Waals surface area contributed by atoms with Crippen LogP contribution in [0.1, 0.15) is 31.7 Å². The summed E-state index contributed by atoms with van der Waals surface area (Å²) in [6, 6.07) is 7.16. The van der Waals surface area contributed by atoms with Gasteiger partial charge in [-0.2, -0.15) is 0 Å². The highest BCUT2D eigenvalue weighted by atomic mass is 32.2. The van der Waals surface area contributed by atoms with Crippen molar-refractivity contribution >= 4 is 10.0 Å². The molecule has 1 aromatic carbocycles. The molecule has 1 atom stereocenters. The van der Waals surface area contributed by atoms with Crippen molar-refractivity contribution in [2.75, 3.05) is 7.05 Å². The van der Waals surface area contributed by atoms with Crippen LogP contribution >= 0.6 is 0 Å². The molecular formula is C14H22N2O2S. The quantitative estimate of drug-likeness (QED) is 0.837. The van der Waals surface area contributed by atoms with Gasteiger partial charge in [-0.1, -0.05) is 24.6 Å². The van der Waals surface area contributed by atoms with Gasteiger partial charge in [0.2, 0.25) is 10.0 Å². The maximum atomic E-state index is 12.4. The molecule has 2 N–H and O–H groups in total. The first kappa shape index (κ1) is 14.5. The van der Waals surface area contributed by atoms with Gasteiger partial charge in [0.25, 0.3) is 0 Å². The molecule has 0 saturated heterocycles. The molecular weight excluding hydrogens is 260 g/mol. The number of sulfonamides is 1. The summed E-state index contributed by atoms with van der Waals surface area (Å²) in [5, 5.41) is 3.00. The molecule has 1 aliphatic rings. The van der Waals surface area contributed by atoms with Gasteiger partial charge in [-0.15, -0.1) is 0 Å². The van der Waals surface area contributed by atoms with E-state index in [1.165, 1.54) is 6.42 Å². The van der Waals surface area contributed by atoms with Gasteiger partial charge in [0.15, 0.2) is 0 Å². The predicted octanol–water partition coefficient (Wildman–Crippen LogP) is 1.87. The molecule has 1 aromatic rings. The lowest BCUT2D eigenvalue weighted by Crippen LogP contribution is -2.41. The Hall–Kier alpha value is -0.910. The smallest absolute Gasteiger partial charge is 0.241 e. The lowest BCUT2D eigenvalue weighted by molar-refractivity contribution is 0.260. The Labute approximate surface area is 115 Å². The van der Waals surface area contributed by atoms with Gasteiger partial charge in [0.1, 0.15) is 0 Å². The zero-order chi connectivity index (χ0) is 13.9. The third-order valence-corrected chi connectivity index (χ3v) is 5.49. The molecule has 0 aliphatic heterocycles. The minimum Gasteiger partial charge on any atom is -0.316 e. The van der Waals surface area contributed by atoms with Crippen LogP contribution in [-0.4, -0.2) is 21.5 Å². The molecule has 4 nitrogen and oxygen atoms in total. The Morgan fingerprint density at radius 3 is 2.58 bits per heavy atom. The molecule has 0 aromatic heterocycles. The highest BCUT2D eigenvalue weighted by molar-refractivity contribution is 7.89. The third kappa shape index (κ3) is 3.35. The number of benzene rings is 1. The zero-order valence-electron chi connectivity index (χ0n) is 11.5. The molecule has 1 saturated carbocycles. The van der Waals surface area contributed by atoms with Crippen molar-refractivity contribution in [3.8, 4) is 0 Å². The molecule has 0 spiro atoms. The molecule has 5 heteroatoms. The Kier molecular flexibility index (Phi) is 4.60. The molecule has 0 heterocycles. The van der Waals surface area contributed by atoms with Crippen molar-refractivity contribution in [3.63, 3.8) is 0 Å². The fraction of sp³-hybridized carbons (Fsp3) is 0.571. The molecule has 1 fully saturated rings. The van der Waals surface area contributed by atoms with Gasteiger partial charge in [0, 0.05) is 12.6 Å². The molecule has 1 unspecified atom stereocenters. The molecule has 0 radical (unpaired) electrons. The van der Waals surface area contributed by atoms with E-state index in [0.717, 1.165) is 18.4 Å². The van der Waals surface area contributed by atoms with Gasteiger partial charge in [-0.05, 0) is 44.4 Å². The largest absolute Gasteiger partial charge is 0.316 e. The minimum absolute atomic E-state index is 0.0152. The van der Waals surface area contributed by atoms with E-state index in [0.29, 0.717) is 17.4 Å². The summed E-state index contributed by atoms with van der Waals surface area (Å²) in [5.41, 5.74) is 0.804. The first-order valence-corrected chi connectivity index (χ1v) is 8.28. The van der Waals surface area contributed by atoms with Crippen LogP contribution in [0.2, 0.25) is 0 Å². The van der Waals surface area contributed by atoms with E-state index < -0.39 is 10.0 Å². The monoisotopic (exact) mass is 282 g/mol. The van der Waals surface area contributed by atoms with E-state index in [2.05, 4.69) is 10.0 Å². The van der Waals surface area contributed by atoms with E-state index in [4.69, 9.17) is 0 Å².